The van der Waals surface area contributed by atoms with E-state index in [-0.39, 0.29) is 5.91 Å². The molecule has 1 aromatic heterocycles. The highest BCUT2D eigenvalue weighted by Crippen LogP contribution is 2.37. The Balaban J connectivity index is 1.74. The summed E-state index contributed by atoms with van der Waals surface area (Å²) in [5, 5.41) is 11.7. The maximum Gasteiger partial charge on any atom is 0.255 e. The smallest absolute Gasteiger partial charge is 0.255 e. The second kappa shape index (κ2) is 9.26. The largest absolute Gasteiger partial charge is 0.495 e. The zero-order valence-electron chi connectivity index (χ0n) is 17.8. The van der Waals surface area contributed by atoms with Crippen LogP contribution in [0, 0.1) is 0 Å². The standard InChI is InChI=1S/C23H25N5O2S/c1-4-14-31-23-26-22-24-15(2)19(20(28(22)27-23)16-10-6-5-7-11-16)21(29)25-17-12-8-9-13-18(17)30-3/h5-13,20H,4,14H2,1-3H3,(H,25,29)(H,24,26,27). The Bertz CT molecular complexity index is 1110. The molecule has 160 valence electrons. The Labute approximate surface area is 185 Å². The van der Waals surface area contributed by atoms with Crippen molar-refractivity contribution in [2.45, 2.75) is 31.5 Å². The number of fused-ring (bicyclic) bond motifs is 1. The number of nitrogens with one attached hydrogen (secondary N) is 2. The highest BCUT2D eigenvalue weighted by molar-refractivity contribution is 7.99. The van der Waals surface area contributed by atoms with E-state index in [1.165, 1.54) is 0 Å². The molecular weight excluding hydrogens is 410 g/mol. The first-order valence-corrected chi connectivity index (χ1v) is 11.2. The van der Waals surface area contributed by atoms with Gasteiger partial charge in [0.25, 0.3) is 5.91 Å². The summed E-state index contributed by atoms with van der Waals surface area (Å²) in [6.45, 7) is 4.02. The Morgan fingerprint density at radius 2 is 1.94 bits per heavy atom. The first-order valence-electron chi connectivity index (χ1n) is 10.2. The molecule has 0 radical (unpaired) electrons. The predicted octanol–water partition coefficient (Wildman–Crippen LogP) is 4.72. The minimum atomic E-state index is -0.393. The Morgan fingerprint density at radius 1 is 1.19 bits per heavy atom. The van der Waals surface area contributed by atoms with Gasteiger partial charge in [-0.05, 0) is 31.0 Å². The lowest BCUT2D eigenvalue weighted by atomic mass is 9.95. The molecular formula is C23H25N5O2S. The third-order valence-electron chi connectivity index (χ3n) is 4.98. The van der Waals surface area contributed by atoms with E-state index in [9.17, 15) is 4.79 Å². The Kier molecular flexibility index (Phi) is 6.27. The molecule has 1 unspecified atom stereocenters. The number of aromatic nitrogens is 3. The van der Waals surface area contributed by atoms with Gasteiger partial charge in [-0.15, -0.1) is 5.10 Å². The van der Waals surface area contributed by atoms with Gasteiger partial charge in [0.15, 0.2) is 0 Å². The van der Waals surface area contributed by atoms with Crippen molar-refractivity contribution in [3.63, 3.8) is 0 Å². The minimum absolute atomic E-state index is 0.215. The highest BCUT2D eigenvalue weighted by atomic mass is 32.2. The normalized spacial score (nSPS) is 15.3. The van der Waals surface area contributed by atoms with Gasteiger partial charge in [-0.25, -0.2) is 4.68 Å². The molecule has 0 spiro atoms. The van der Waals surface area contributed by atoms with Gasteiger partial charge >= 0.3 is 0 Å². The maximum absolute atomic E-state index is 13.5. The molecule has 1 aliphatic rings. The number of benzene rings is 2. The maximum atomic E-state index is 13.5. The number of carbonyl (C=O) groups is 1. The molecule has 8 heteroatoms. The predicted molar refractivity (Wildman–Crippen MR) is 124 cm³/mol. The summed E-state index contributed by atoms with van der Waals surface area (Å²) in [7, 11) is 1.58. The lowest BCUT2D eigenvalue weighted by molar-refractivity contribution is -0.113. The molecule has 2 aromatic carbocycles. The van der Waals surface area contributed by atoms with Crippen LogP contribution in [-0.2, 0) is 4.79 Å². The first kappa shape index (κ1) is 21.0. The van der Waals surface area contributed by atoms with E-state index >= 15 is 0 Å². The van der Waals surface area contributed by atoms with E-state index in [0.717, 1.165) is 23.4 Å². The van der Waals surface area contributed by atoms with Gasteiger partial charge in [-0.3, -0.25) is 4.79 Å². The lowest BCUT2D eigenvalue weighted by Crippen LogP contribution is -2.31. The third kappa shape index (κ3) is 4.29. The third-order valence-corrected chi connectivity index (χ3v) is 6.03. The topological polar surface area (TPSA) is 81.1 Å². The number of hydrogen-bond donors (Lipinski definition) is 2. The van der Waals surface area contributed by atoms with E-state index in [1.807, 2.05) is 61.5 Å². The number of rotatable bonds is 7. The van der Waals surface area contributed by atoms with Crippen molar-refractivity contribution in [1.82, 2.24) is 14.8 Å². The average molecular weight is 436 g/mol. The van der Waals surface area contributed by atoms with Gasteiger partial charge in [-0.2, -0.15) is 4.98 Å². The van der Waals surface area contributed by atoms with Crippen molar-refractivity contribution in [1.29, 1.82) is 0 Å². The number of anilines is 2. The summed E-state index contributed by atoms with van der Waals surface area (Å²) in [5.74, 6) is 1.97. The highest BCUT2D eigenvalue weighted by Gasteiger charge is 2.34. The summed E-state index contributed by atoms with van der Waals surface area (Å²) in [6, 6.07) is 16.9. The number of thioether (sulfide) groups is 1. The van der Waals surface area contributed by atoms with Crippen LogP contribution in [0.4, 0.5) is 11.6 Å². The number of allylic oxidation sites excluding steroid dienone is 1. The molecule has 2 heterocycles. The molecule has 0 saturated carbocycles. The number of ether oxygens (including phenoxy) is 1. The molecule has 3 aromatic rings. The second-order valence-electron chi connectivity index (χ2n) is 7.14. The molecule has 4 rings (SSSR count). The van der Waals surface area contributed by atoms with Crippen LogP contribution < -0.4 is 15.4 Å². The fourth-order valence-electron chi connectivity index (χ4n) is 3.56. The summed E-state index contributed by atoms with van der Waals surface area (Å²) in [5.41, 5.74) is 2.91. The molecule has 2 N–H and O–H groups in total. The van der Waals surface area contributed by atoms with Crippen molar-refractivity contribution in [3.8, 4) is 5.75 Å². The van der Waals surface area contributed by atoms with Crippen LogP contribution in [0.15, 0.2) is 71.0 Å². The number of nitrogens with zero attached hydrogens (tertiary/aromatic N) is 3. The molecule has 0 fully saturated rings. The van der Waals surface area contributed by atoms with Crippen molar-refractivity contribution in [3.05, 3.63) is 71.4 Å². The summed E-state index contributed by atoms with van der Waals surface area (Å²) in [4.78, 5) is 18.1. The molecule has 1 atom stereocenters. The van der Waals surface area contributed by atoms with Gasteiger partial charge in [0.2, 0.25) is 11.1 Å². The number of carbonyl (C=O) groups excluding carboxylic acids is 1. The van der Waals surface area contributed by atoms with Crippen LogP contribution in [-0.4, -0.2) is 33.5 Å². The molecule has 0 saturated heterocycles. The van der Waals surface area contributed by atoms with Crippen LogP contribution in [0.25, 0.3) is 0 Å². The van der Waals surface area contributed by atoms with Crippen LogP contribution in [0.2, 0.25) is 0 Å². The first-order chi connectivity index (χ1) is 15.1. The van der Waals surface area contributed by atoms with Gasteiger partial charge in [0, 0.05) is 11.4 Å². The van der Waals surface area contributed by atoms with Crippen LogP contribution in [0.5, 0.6) is 5.75 Å². The second-order valence-corrected chi connectivity index (χ2v) is 8.20. The number of hydrogen-bond acceptors (Lipinski definition) is 6. The number of methoxy groups -OCH3 is 1. The van der Waals surface area contributed by atoms with E-state index in [4.69, 9.17) is 9.84 Å². The Hall–Kier alpha value is -3.26. The number of para-hydroxylation sites is 2. The van der Waals surface area contributed by atoms with E-state index < -0.39 is 6.04 Å². The van der Waals surface area contributed by atoms with Crippen molar-refractivity contribution < 1.29 is 9.53 Å². The molecule has 31 heavy (non-hydrogen) atoms. The zero-order valence-corrected chi connectivity index (χ0v) is 18.6. The van der Waals surface area contributed by atoms with Crippen LogP contribution in [0.1, 0.15) is 31.9 Å². The average Bonchev–Trinajstić information content (AvgIpc) is 3.19. The molecule has 1 amide bonds. The summed E-state index contributed by atoms with van der Waals surface area (Å²) >= 11 is 1.61. The monoisotopic (exact) mass is 435 g/mol. The molecule has 0 aliphatic carbocycles. The minimum Gasteiger partial charge on any atom is -0.495 e. The quantitative estimate of drug-likeness (QED) is 0.523. The fourth-order valence-corrected chi connectivity index (χ4v) is 4.24. The van der Waals surface area contributed by atoms with Crippen LogP contribution >= 0.6 is 11.8 Å². The van der Waals surface area contributed by atoms with E-state index in [2.05, 4.69) is 22.5 Å². The molecule has 0 bridgehead atoms. The van der Waals surface area contributed by atoms with Gasteiger partial charge in [0.05, 0.1) is 18.4 Å². The number of amides is 1. The Morgan fingerprint density at radius 3 is 2.68 bits per heavy atom. The van der Waals surface area contributed by atoms with Crippen molar-refractivity contribution in [2.24, 2.45) is 0 Å². The SMILES string of the molecule is CCCSc1nc2n(n1)C(c1ccccc1)C(C(=O)Nc1ccccc1OC)=C(C)N2. The van der Waals surface area contributed by atoms with Crippen molar-refractivity contribution >= 4 is 29.3 Å². The van der Waals surface area contributed by atoms with Gasteiger partial charge < -0.3 is 15.4 Å². The van der Waals surface area contributed by atoms with Gasteiger partial charge in [0.1, 0.15) is 11.8 Å². The lowest BCUT2D eigenvalue weighted by Gasteiger charge is -2.28. The summed E-state index contributed by atoms with van der Waals surface area (Å²) < 4.78 is 7.20. The van der Waals surface area contributed by atoms with E-state index in [0.29, 0.717) is 28.1 Å². The molecule has 1 aliphatic heterocycles. The van der Waals surface area contributed by atoms with Gasteiger partial charge in [-0.1, -0.05) is 61.2 Å². The molecule has 7 nitrogen and oxygen atoms in total. The van der Waals surface area contributed by atoms with Crippen molar-refractivity contribution in [2.75, 3.05) is 23.5 Å². The van der Waals surface area contributed by atoms with Crippen LogP contribution in [0.3, 0.4) is 0 Å². The summed E-state index contributed by atoms with van der Waals surface area (Å²) in [6.07, 6.45) is 1.04. The fraction of sp³-hybridized carbons (Fsp3) is 0.261. The van der Waals surface area contributed by atoms with E-state index in [1.54, 1.807) is 23.6 Å². The zero-order chi connectivity index (χ0) is 21.8.